The summed E-state index contributed by atoms with van der Waals surface area (Å²) in [6, 6.07) is 0. The van der Waals surface area contributed by atoms with E-state index < -0.39 is 9.84 Å². The SMILES string of the molecule is CSCC1=CS(=O)(=O)C=N1. The molecule has 0 unspecified atom stereocenters. The third-order valence-electron chi connectivity index (χ3n) is 0.958. The van der Waals surface area contributed by atoms with Crippen molar-refractivity contribution in [3.63, 3.8) is 0 Å². The molecule has 1 heterocycles. The van der Waals surface area contributed by atoms with Gasteiger partial charge in [-0.3, -0.25) is 0 Å². The van der Waals surface area contributed by atoms with Crippen LogP contribution in [0, 0.1) is 0 Å². The largest absolute Gasteiger partial charge is 0.247 e. The van der Waals surface area contributed by atoms with Crippen LogP contribution in [0.15, 0.2) is 16.1 Å². The van der Waals surface area contributed by atoms with Gasteiger partial charge in [-0.25, -0.2) is 13.4 Å². The highest BCUT2D eigenvalue weighted by Crippen LogP contribution is 2.12. The van der Waals surface area contributed by atoms with Crippen molar-refractivity contribution in [1.29, 1.82) is 0 Å². The third kappa shape index (κ3) is 1.85. The van der Waals surface area contributed by atoms with Gasteiger partial charge in [0.1, 0.15) is 5.55 Å². The zero-order valence-electron chi connectivity index (χ0n) is 5.44. The minimum absolute atomic E-state index is 0.632. The van der Waals surface area contributed by atoms with Crippen molar-refractivity contribution in [2.24, 2.45) is 4.99 Å². The van der Waals surface area contributed by atoms with E-state index in [0.29, 0.717) is 11.4 Å². The monoisotopic (exact) mass is 177 g/mol. The van der Waals surface area contributed by atoms with Crippen molar-refractivity contribution in [1.82, 2.24) is 0 Å². The number of rotatable bonds is 2. The molecule has 10 heavy (non-hydrogen) atoms. The van der Waals surface area contributed by atoms with Crippen molar-refractivity contribution in [2.45, 2.75) is 0 Å². The van der Waals surface area contributed by atoms with Gasteiger partial charge in [-0.2, -0.15) is 11.8 Å². The molecule has 3 nitrogen and oxygen atoms in total. The Hall–Kier alpha value is -0.290. The summed E-state index contributed by atoms with van der Waals surface area (Å²) in [5.74, 6) is 0.662. The molecule has 0 aliphatic carbocycles. The third-order valence-corrected chi connectivity index (χ3v) is 2.54. The van der Waals surface area contributed by atoms with Crippen molar-refractivity contribution in [2.75, 3.05) is 12.0 Å². The lowest BCUT2D eigenvalue weighted by Gasteiger charge is -1.88. The van der Waals surface area contributed by atoms with Crippen LogP contribution < -0.4 is 0 Å². The lowest BCUT2D eigenvalue weighted by molar-refractivity contribution is 0.616. The number of sulfone groups is 1. The van der Waals surface area contributed by atoms with Crippen LogP contribution in [0.1, 0.15) is 0 Å². The maximum Gasteiger partial charge on any atom is 0.211 e. The molecular formula is C5H7NO2S2. The molecule has 0 aromatic heterocycles. The zero-order valence-corrected chi connectivity index (χ0v) is 7.08. The Kier molecular flexibility index (Phi) is 2.15. The van der Waals surface area contributed by atoms with Crippen molar-refractivity contribution < 1.29 is 8.42 Å². The van der Waals surface area contributed by atoms with Gasteiger partial charge in [-0.1, -0.05) is 0 Å². The average molecular weight is 177 g/mol. The van der Waals surface area contributed by atoms with Crippen LogP contribution in [0.3, 0.4) is 0 Å². The maximum atomic E-state index is 10.7. The van der Waals surface area contributed by atoms with Gasteiger partial charge in [0.2, 0.25) is 9.84 Å². The van der Waals surface area contributed by atoms with Gasteiger partial charge in [0.05, 0.1) is 11.1 Å². The second-order valence-corrected chi connectivity index (χ2v) is 4.36. The average Bonchev–Trinajstić information content (AvgIpc) is 2.12. The minimum atomic E-state index is -3.08. The Bertz CT molecular complexity index is 276. The van der Waals surface area contributed by atoms with E-state index in [0.717, 1.165) is 5.55 Å². The van der Waals surface area contributed by atoms with E-state index in [-0.39, 0.29) is 0 Å². The fraction of sp³-hybridized carbons (Fsp3) is 0.400. The number of hydrogen-bond acceptors (Lipinski definition) is 4. The van der Waals surface area contributed by atoms with Crippen LogP contribution in [-0.2, 0) is 9.84 Å². The summed E-state index contributed by atoms with van der Waals surface area (Å²) >= 11 is 1.55. The number of hydrogen-bond donors (Lipinski definition) is 0. The number of thioether (sulfide) groups is 1. The van der Waals surface area contributed by atoms with Gasteiger partial charge in [-0.05, 0) is 6.26 Å². The summed E-state index contributed by atoms with van der Waals surface area (Å²) in [7, 11) is -3.08. The molecule has 0 N–H and O–H groups in total. The Balaban J connectivity index is 2.79. The van der Waals surface area contributed by atoms with Gasteiger partial charge in [0, 0.05) is 5.75 Å². The van der Waals surface area contributed by atoms with E-state index in [2.05, 4.69) is 4.99 Å². The Morgan fingerprint density at radius 3 is 2.80 bits per heavy atom. The topological polar surface area (TPSA) is 46.5 Å². The molecule has 0 spiro atoms. The van der Waals surface area contributed by atoms with Crippen LogP contribution in [0.25, 0.3) is 0 Å². The highest BCUT2D eigenvalue weighted by molar-refractivity contribution is 8.07. The van der Waals surface area contributed by atoms with E-state index >= 15 is 0 Å². The van der Waals surface area contributed by atoms with E-state index in [4.69, 9.17) is 0 Å². The fourth-order valence-corrected chi connectivity index (χ4v) is 2.04. The molecule has 56 valence electrons. The van der Waals surface area contributed by atoms with E-state index in [1.165, 1.54) is 5.41 Å². The molecular weight excluding hydrogens is 170 g/mol. The standard InChI is InChI=1S/C5H7NO2S2/c1-9-2-5-3-10(7,8)4-6-5/h3-4H,2H2,1H3. The first kappa shape index (κ1) is 7.81. The second-order valence-electron chi connectivity index (χ2n) is 1.87. The summed E-state index contributed by atoms with van der Waals surface area (Å²) in [4.78, 5) is 3.71. The van der Waals surface area contributed by atoms with Gasteiger partial charge in [0.25, 0.3) is 0 Å². The van der Waals surface area contributed by atoms with Crippen LogP contribution >= 0.6 is 11.8 Å². The quantitative estimate of drug-likeness (QED) is 0.622. The molecule has 1 aliphatic heterocycles. The lowest BCUT2D eigenvalue weighted by atomic mass is 10.6. The van der Waals surface area contributed by atoms with Crippen molar-refractivity contribution in [3.8, 4) is 0 Å². The summed E-state index contributed by atoms with van der Waals surface area (Å²) in [5, 5.41) is 1.20. The Labute approximate surface area is 64.1 Å². The molecule has 0 saturated carbocycles. The van der Waals surface area contributed by atoms with E-state index in [1.54, 1.807) is 11.8 Å². The highest BCUT2D eigenvalue weighted by atomic mass is 32.2. The molecule has 0 bridgehead atoms. The first-order chi connectivity index (χ1) is 4.64. The van der Waals surface area contributed by atoms with Crippen molar-refractivity contribution >= 4 is 27.1 Å². The van der Waals surface area contributed by atoms with E-state index in [9.17, 15) is 8.42 Å². The maximum absolute atomic E-state index is 10.7. The first-order valence-electron chi connectivity index (χ1n) is 2.63. The summed E-state index contributed by atoms with van der Waals surface area (Å²) in [6.45, 7) is 0. The van der Waals surface area contributed by atoms with Crippen LogP contribution in [0.2, 0.25) is 0 Å². The second kappa shape index (κ2) is 2.75. The normalized spacial score (nSPS) is 21.1. The molecule has 0 saturated heterocycles. The smallest absolute Gasteiger partial charge is 0.211 e. The predicted molar refractivity (Wildman–Crippen MR) is 43.9 cm³/mol. The van der Waals surface area contributed by atoms with Crippen LogP contribution in [0.5, 0.6) is 0 Å². The van der Waals surface area contributed by atoms with Gasteiger partial charge < -0.3 is 0 Å². The molecule has 5 heteroatoms. The first-order valence-corrected chi connectivity index (χ1v) is 5.63. The Morgan fingerprint density at radius 2 is 2.40 bits per heavy atom. The predicted octanol–water partition coefficient (Wildman–Crippen LogP) is 0.648. The fourth-order valence-electron chi connectivity index (χ4n) is 0.611. The molecule has 0 radical (unpaired) electrons. The van der Waals surface area contributed by atoms with Gasteiger partial charge in [-0.15, -0.1) is 0 Å². The Morgan fingerprint density at radius 1 is 1.70 bits per heavy atom. The summed E-state index contributed by atoms with van der Waals surface area (Å²) in [6.07, 6.45) is 1.90. The van der Waals surface area contributed by atoms with Gasteiger partial charge in [0.15, 0.2) is 0 Å². The van der Waals surface area contributed by atoms with Crippen molar-refractivity contribution in [3.05, 3.63) is 11.1 Å². The van der Waals surface area contributed by atoms with Crippen LogP contribution in [0.4, 0.5) is 0 Å². The number of aliphatic imine (C=N–C) groups is 1. The molecule has 1 rings (SSSR count). The summed E-state index contributed by atoms with van der Waals surface area (Å²) in [5.41, 5.74) is 1.62. The molecule has 1 aliphatic rings. The minimum Gasteiger partial charge on any atom is -0.247 e. The van der Waals surface area contributed by atoms with Crippen LogP contribution in [-0.4, -0.2) is 26.0 Å². The van der Waals surface area contributed by atoms with E-state index in [1.807, 2.05) is 6.26 Å². The summed E-state index contributed by atoms with van der Waals surface area (Å²) < 4.78 is 21.4. The zero-order chi connectivity index (χ0) is 7.61. The number of nitrogens with zero attached hydrogens (tertiary/aromatic N) is 1. The molecule has 0 atom stereocenters. The van der Waals surface area contributed by atoms with Gasteiger partial charge >= 0.3 is 0 Å². The molecule has 0 aromatic carbocycles. The molecule has 0 aromatic rings. The highest BCUT2D eigenvalue weighted by Gasteiger charge is 2.11. The lowest BCUT2D eigenvalue weighted by Crippen LogP contribution is -1.89. The molecule has 0 fully saturated rings. The molecule has 0 amide bonds.